The number of imidazole rings is 1. The van der Waals surface area contributed by atoms with Gasteiger partial charge in [-0.15, -0.1) is 0 Å². The first-order valence-corrected chi connectivity index (χ1v) is 15.7. The number of ether oxygens (including phenoxy) is 2. The normalized spacial score (nSPS) is 16.9. The molecule has 0 aliphatic carbocycles. The zero-order valence-corrected chi connectivity index (χ0v) is 25.7. The molecule has 3 aromatic carbocycles. The highest BCUT2D eigenvalue weighted by Gasteiger charge is 2.27. The summed E-state index contributed by atoms with van der Waals surface area (Å²) in [5, 5.41) is 14.8. The maximum Gasteiger partial charge on any atom is 0.409 e. The summed E-state index contributed by atoms with van der Waals surface area (Å²) in [5.41, 5.74) is 3.46. The number of rotatable bonds is 10. The van der Waals surface area contributed by atoms with Gasteiger partial charge in [-0.25, -0.2) is 14.2 Å². The van der Waals surface area contributed by atoms with Gasteiger partial charge in [0, 0.05) is 54.6 Å². The highest BCUT2D eigenvalue weighted by Crippen LogP contribution is 2.40. The minimum Gasteiger partial charge on any atom is -0.465 e. The van der Waals surface area contributed by atoms with Crippen LogP contribution in [0.4, 0.5) is 26.2 Å². The van der Waals surface area contributed by atoms with Gasteiger partial charge in [-0.1, -0.05) is 24.3 Å². The number of nitrogens with one attached hydrogen (secondary N) is 2. The largest absolute Gasteiger partial charge is 0.465 e. The first kappa shape index (κ1) is 31.9. The first-order valence-electron chi connectivity index (χ1n) is 15.7. The van der Waals surface area contributed by atoms with Crippen LogP contribution in [0.15, 0.2) is 79.4 Å². The lowest BCUT2D eigenvalue weighted by atomic mass is 9.98. The van der Waals surface area contributed by atoms with Crippen molar-refractivity contribution >= 4 is 34.8 Å². The predicted molar refractivity (Wildman–Crippen MR) is 175 cm³/mol. The van der Waals surface area contributed by atoms with E-state index in [0.29, 0.717) is 36.4 Å². The Balaban J connectivity index is 1.24. The van der Waals surface area contributed by atoms with E-state index in [-0.39, 0.29) is 23.8 Å². The van der Waals surface area contributed by atoms with Crippen LogP contribution >= 0.6 is 0 Å². The van der Waals surface area contributed by atoms with Gasteiger partial charge in [0.15, 0.2) is 12.1 Å². The number of piperidine rings is 1. The fraction of sp³-hybridized carbons (Fsp3) is 0.314. The standard InChI is InChI=1S/C35H36FN5O6/c36-25-9-7-23(8-10-25)28-19-29(38-33(43)21-32(42)24-4-3-5-26(18-24)41-16-13-37-22-41)30(39-35(44)45)20-31(28)40-14-11-27(12-15-40)47-34-6-1-2-17-46-34/h3-5,7-10,13,16,18-20,22,27,34,39H,1-2,6,11-12,14-15,17,21H2,(H,38,43)(H,44,45). The zero-order valence-electron chi connectivity index (χ0n) is 25.7. The monoisotopic (exact) mass is 641 g/mol. The number of benzene rings is 3. The molecule has 1 unspecified atom stereocenters. The van der Waals surface area contributed by atoms with E-state index in [0.717, 1.165) is 43.5 Å². The third kappa shape index (κ3) is 8.02. The molecule has 0 radical (unpaired) electrons. The molecule has 47 heavy (non-hydrogen) atoms. The number of aromatic nitrogens is 2. The van der Waals surface area contributed by atoms with Crippen molar-refractivity contribution in [3.05, 3.63) is 90.8 Å². The third-order valence-corrected chi connectivity index (χ3v) is 8.36. The fourth-order valence-corrected chi connectivity index (χ4v) is 5.99. The van der Waals surface area contributed by atoms with Crippen LogP contribution < -0.4 is 15.5 Å². The minimum absolute atomic E-state index is 0.0389. The summed E-state index contributed by atoms with van der Waals surface area (Å²) in [4.78, 5) is 44.3. The van der Waals surface area contributed by atoms with Crippen LogP contribution in [-0.4, -0.2) is 64.5 Å². The van der Waals surface area contributed by atoms with Gasteiger partial charge in [0.05, 0.1) is 30.2 Å². The summed E-state index contributed by atoms with van der Waals surface area (Å²) in [5.74, 6) is -1.42. The molecule has 1 atom stereocenters. The average Bonchev–Trinajstić information content (AvgIpc) is 3.62. The lowest BCUT2D eigenvalue weighted by molar-refractivity contribution is -0.191. The lowest BCUT2D eigenvalue weighted by Crippen LogP contribution is -2.39. The van der Waals surface area contributed by atoms with Gasteiger partial charge in [-0.3, -0.25) is 14.9 Å². The Morgan fingerprint density at radius 2 is 1.77 bits per heavy atom. The molecule has 4 aromatic rings. The van der Waals surface area contributed by atoms with E-state index in [1.165, 1.54) is 12.1 Å². The number of carboxylic acid groups (broad SMARTS) is 1. The molecule has 3 N–H and O–H groups in total. The Kier molecular flexibility index (Phi) is 9.89. The maximum absolute atomic E-state index is 13.9. The summed E-state index contributed by atoms with van der Waals surface area (Å²) >= 11 is 0. The summed E-state index contributed by atoms with van der Waals surface area (Å²) in [6, 6.07) is 16.2. The van der Waals surface area contributed by atoms with Crippen LogP contribution in [0.3, 0.4) is 0 Å². The van der Waals surface area contributed by atoms with Crippen LogP contribution in [0.1, 0.15) is 48.9 Å². The van der Waals surface area contributed by atoms with E-state index < -0.39 is 30.0 Å². The number of carbonyl (C=O) groups is 3. The van der Waals surface area contributed by atoms with Crippen molar-refractivity contribution in [3.8, 4) is 16.8 Å². The van der Waals surface area contributed by atoms with Gasteiger partial charge in [0.25, 0.3) is 0 Å². The van der Waals surface area contributed by atoms with Crippen molar-refractivity contribution in [1.29, 1.82) is 0 Å². The minimum atomic E-state index is -1.31. The molecule has 3 heterocycles. The molecule has 0 saturated carbocycles. The predicted octanol–water partition coefficient (Wildman–Crippen LogP) is 6.49. The van der Waals surface area contributed by atoms with E-state index in [4.69, 9.17) is 9.47 Å². The second-order valence-electron chi connectivity index (χ2n) is 11.6. The summed E-state index contributed by atoms with van der Waals surface area (Å²) in [6.45, 7) is 1.98. The number of halogens is 1. The van der Waals surface area contributed by atoms with Crippen LogP contribution in [-0.2, 0) is 14.3 Å². The van der Waals surface area contributed by atoms with E-state index in [1.54, 1.807) is 65.8 Å². The molecule has 2 fully saturated rings. The molecular weight excluding hydrogens is 605 g/mol. The van der Waals surface area contributed by atoms with Crippen molar-refractivity contribution in [2.45, 2.75) is 50.9 Å². The van der Waals surface area contributed by atoms with Crippen LogP contribution in [0.5, 0.6) is 0 Å². The van der Waals surface area contributed by atoms with Crippen molar-refractivity contribution < 1.29 is 33.4 Å². The van der Waals surface area contributed by atoms with E-state index in [1.807, 2.05) is 6.07 Å². The van der Waals surface area contributed by atoms with E-state index >= 15 is 0 Å². The number of carbonyl (C=O) groups excluding carboxylic acids is 2. The van der Waals surface area contributed by atoms with Gasteiger partial charge < -0.3 is 29.4 Å². The Morgan fingerprint density at radius 1 is 0.979 bits per heavy atom. The van der Waals surface area contributed by atoms with Crippen molar-refractivity contribution in [2.24, 2.45) is 0 Å². The van der Waals surface area contributed by atoms with E-state index in [9.17, 15) is 23.9 Å². The Labute approximate surface area is 271 Å². The molecule has 2 amide bonds. The maximum atomic E-state index is 13.9. The highest BCUT2D eigenvalue weighted by molar-refractivity contribution is 6.12. The number of hydrogen-bond donors (Lipinski definition) is 3. The average molecular weight is 642 g/mol. The van der Waals surface area contributed by atoms with Crippen LogP contribution in [0.2, 0.25) is 0 Å². The Morgan fingerprint density at radius 3 is 2.47 bits per heavy atom. The lowest BCUT2D eigenvalue weighted by Gasteiger charge is -2.37. The van der Waals surface area contributed by atoms with Crippen molar-refractivity contribution in [2.75, 3.05) is 35.2 Å². The molecule has 2 aliphatic rings. The zero-order chi connectivity index (χ0) is 32.8. The molecular formula is C35H36FN5O6. The second-order valence-corrected chi connectivity index (χ2v) is 11.6. The fourth-order valence-electron chi connectivity index (χ4n) is 5.99. The second kappa shape index (κ2) is 14.6. The molecule has 11 nitrogen and oxygen atoms in total. The number of anilines is 3. The number of ketones is 1. The number of amides is 2. The van der Waals surface area contributed by atoms with Gasteiger partial charge >= 0.3 is 6.09 Å². The summed E-state index contributed by atoms with van der Waals surface area (Å²) in [7, 11) is 0. The number of Topliss-reactive ketones (excluding diaryl/α,β-unsaturated/α-hetero) is 1. The molecule has 1 aromatic heterocycles. The summed E-state index contributed by atoms with van der Waals surface area (Å²) < 4.78 is 27.6. The molecule has 6 rings (SSSR count). The summed E-state index contributed by atoms with van der Waals surface area (Å²) in [6.07, 6.45) is 7.56. The van der Waals surface area contributed by atoms with Crippen LogP contribution in [0.25, 0.3) is 16.8 Å². The molecule has 12 heteroatoms. The molecule has 2 aliphatic heterocycles. The molecule has 244 valence electrons. The van der Waals surface area contributed by atoms with Gasteiger partial charge in [-0.2, -0.15) is 0 Å². The molecule has 0 bridgehead atoms. The van der Waals surface area contributed by atoms with Crippen LogP contribution in [0, 0.1) is 5.82 Å². The Bertz CT molecular complexity index is 1710. The van der Waals surface area contributed by atoms with Gasteiger partial charge in [0.2, 0.25) is 5.91 Å². The number of hydrogen-bond acceptors (Lipinski definition) is 7. The Hall–Kier alpha value is -5.07. The third-order valence-electron chi connectivity index (χ3n) is 8.36. The topological polar surface area (TPSA) is 135 Å². The van der Waals surface area contributed by atoms with Gasteiger partial charge in [0.1, 0.15) is 5.82 Å². The highest BCUT2D eigenvalue weighted by atomic mass is 19.1. The first-order chi connectivity index (χ1) is 22.8. The molecule has 2 saturated heterocycles. The quantitative estimate of drug-likeness (QED) is 0.132. The smallest absolute Gasteiger partial charge is 0.409 e. The SMILES string of the molecule is O=C(O)Nc1cc(N2CCC(OC3CCCCO3)CC2)c(-c2ccc(F)cc2)cc1NC(=O)CC(=O)c1cccc(-n2ccnc2)c1. The number of nitrogens with zero attached hydrogens (tertiary/aromatic N) is 3. The van der Waals surface area contributed by atoms with Gasteiger partial charge in [-0.05, 0) is 74.1 Å². The van der Waals surface area contributed by atoms with Crippen molar-refractivity contribution in [3.63, 3.8) is 0 Å². The molecule has 0 spiro atoms. The van der Waals surface area contributed by atoms with E-state index in [2.05, 4.69) is 20.5 Å². The van der Waals surface area contributed by atoms with Crippen molar-refractivity contribution in [1.82, 2.24) is 9.55 Å².